The maximum absolute atomic E-state index is 11.3. The number of nitrogens with one attached hydrogen (secondary N) is 1. The van der Waals surface area contributed by atoms with Crippen LogP contribution in [0.15, 0.2) is 47.3 Å². The van der Waals surface area contributed by atoms with Crippen molar-refractivity contribution >= 4 is 5.69 Å². The van der Waals surface area contributed by atoms with Gasteiger partial charge in [-0.05, 0) is 5.56 Å². The van der Waals surface area contributed by atoms with Crippen molar-refractivity contribution in [2.24, 2.45) is 0 Å². The number of hydrogen-bond acceptors (Lipinski definition) is 4. The van der Waals surface area contributed by atoms with Gasteiger partial charge in [-0.15, -0.1) is 0 Å². The Labute approximate surface area is 102 Å². The predicted molar refractivity (Wildman–Crippen MR) is 64.5 cm³/mol. The molecule has 0 radical (unpaired) electrons. The third kappa shape index (κ3) is 2.73. The molecule has 18 heavy (non-hydrogen) atoms. The number of aromatic nitrogens is 1. The van der Waals surface area contributed by atoms with Crippen LogP contribution in [-0.4, -0.2) is 9.91 Å². The van der Waals surface area contributed by atoms with Crippen molar-refractivity contribution in [3.63, 3.8) is 0 Å². The van der Waals surface area contributed by atoms with E-state index in [0.717, 1.165) is 11.6 Å². The summed E-state index contributed by atoms with van der Waals surface area (Å²) in [6.45, 7) is 0.286. The van der Waals surface area contributed by atoms with Gasteiger partial charge in [0.1, 0.15) is 6.61 Å². The number of benzene rings is 1. The van der Waals surface area contributed by atoms with Crippen molar-refractivity contribution in [2.75, 3.05) is 0 Å². The zero-order valence-electron chi connectivity index (χ0n) is 9.33. The lowest BCUT2D eigenvalue weighted by molar-refractivity contribution is -0.386. The van der Waals surface area contributed by atoms with Gasteiger partial charge in [0.2, 0.25) is 0 Å². The number of nitro groups is 1. The van der Waals surface area contributed by atoms with Crippen molar-refractivity contribution < 1.29 is 9.66 Å². The Morgan fingerprint density at radius 1 is 1.17 bits per heavy atom. The van der Waals surface area contributed by atoms with Gasteiger partial charge >= 0.3 is 11.2 Å². The van der Waals surface area contributed by atoms with E-state index in [9.17, 15) is 14.9 Å². The molecule has 1 aromatic carbocycles. The lowest BCUT2D eigenvalue weighted by Gasteiger charge is -2.05. The Kier molecular flexibility index (Phi) is 3.38. The fraction of sp³-hybridized carbons (Fsp3) is 0.0833. The standard InChI is InChI=1S/C12H10N2O4/c15-12-10(14(16)17)6-7-11(13-12)18-8-9-4-2-1-3-5-9/h1-7H,8H2,(H,13,15). The van der Waals surface area contributed by atoms with Crippen LogP contribution in [0, 0.1) is 10.1 Å². The smallest absolute Gasteiger partial charge is 0.334 e. The summed E-state index contributed by atoms with van der Waals surface area (Å²) in [5, 5.41) is 10.5. The zero-order valence-corrected chi connectivity index (χ0v) is 9.33. The molecule has 0 fully saturated rings. The van der Waals surface area contributed by atoms with Gasteiger partial charge in [-0.3, -0.25) is 19.9 Å². The van der Waals surface area contributed by atoms with Gasteiger partial charge in [-0.1, -0.05) is 30.3 Å². The first-order valence-corrected chi connectivity index (χ1v) is 5.21. The summed E-state index contributed by atoms with van der Waals surface area (Å²) < 4.78 is 5.33. The molecular weight excluding hydrogens is 236 g/mol. The molecule has 1 N–H and O–H groups in total. The molecule has 0 aliphatic heterocycles. The monoisotopic (exact) mass is 246 g/mol. The number of H-pyrrole nitrogens is 1. The van der Waals surface area contributed by atoms with Gasteiger partial charge in [0.15, 0.2) is 5.88 Å². The Morgan fingerprint density at radius 2 is 1.89 bits per heavy atom. The van der Waals surface area contributed by atoms with Crippen LogP contribution in [0.4, 0.5) is 5.69 Å². The highest BCUT2D eigenvalue weighted by Gasteiger charge is 2.11. The number of pyridine rings is 1. The molecule has 92 valence electrons. The molecule has 6 nitrogen and oxygen atoms in total. The van der Waals surface area contributed by atoms with Gasteiger partial charge in [0.05, 0.1) is 4.92 Å². The van der Waals surface area contributed by atoms with Crippen molar-refractivity contribution in [2.45, 2.75) is 6.61 Å². The highest BCUT2D eigenvalue weighted by molar-refractivity contribution is 5.29. The van der Waals surface area contributed by atoms with Crippen molar-refractivity contribution in [3.8, 4) is 5.88 Å². The molecule has 0 aliphatic rings. The van der Waals surface area contributed by atoms with Gasteiger partial charge in [-0.2, -0.15) is 0 Å². The minimum Gasteiger partial charge on any atom is -0.474 e. The van der Waals surface area contributed by atoms with Crippen molar-refractivity contribution in [1.82, 2.24) is 4.98 Å². The molecule has 1 heterocycles. The summed E-state index contributed by atoms with van der Waals surface area (Å²) in [4.78, 5) is 23.3. The summed E-state index contributed by atoms with van der Waals surface area (Å²) in [5.74, 6) is 0.203. The number of aromatic amines is 1. The summed E-state index contributed by atoms with van der Waals surface area (Å²) in [6, 6.07) is 11.9. The minimum absolute atomic E-state index is 0.203. The molecule has 6 heteroatoms. The van der Waals surface area contributed by atoms with Crippen LogP contribution in [0.2, 0.25) is 0 Å². The Morgan fingerprint density at radius 3 is 2.50 bits per heavy atom. The maximum Gasteiger partial charge on any atom is 0.334 e. The topological polar surface area (TPSA) is 85.2 Å². The van der Waals surface area contributed by atoms with Gasteiger partial charge < -0.3 is 4.74 Å². The molecule has 0 unspecified atom stereocenters. The van der Waals surface area contributed by atoms with Crippen molar-refractivity contribution in [1.29, 1.82) is 0 Å². The number of nitrogens with zero attached hydrogens (tertiary/aromatic N) is 1. The van der Waals surface area contributed by atoms with Crippen LogP contribution < -0.4 is 10.3 Å². The van der Waals surface area contributed by atoms with E-state index in [1.165, 1.54) is 6.07 Å². The van der Waals surface area contributed by atoms with E-state index >= 15 is 0 Å². The maximum atomic E-state index is 11.3. The minimum atomic E-state index is -0.773. The highest BCUT2D eigenvalue weighted by atomic mass is 16.6. The van der Waals surface area contributed by atoms with E-state index in [0.29, 0.717) is 0 Å². The largest absolute Gasteiger partial charge is 0.474 e. The summed E-state index contributed by atoms with van der Waals surface area (Å²) in [6.07, 6.45) is 0. The molecule has 1 aromatic heterocycles. The lowest BCUT2D eigenvalue weighted by atomic mass is 10.2. The second kappa shape index (κ2) is 5.13. The zero-order chi connectivity index (χ0) is 13.0. The fourth-order valence-corrected chi connectivity index (χ4v) is 1.41. The first-order valence-electron chi connectivity index (χ1n) is 5.21. The first-order chi connectivity index (χ1) is 8.66. The highest BCUT2D eigenvalue weighted by Crippen LogP contribution is 2.10. The second-order valence-electron chi connectivity index (χ2n) is 3.57. The SMILES string of the molecule is O=c1[nH]c(OCc2ccccc2)ccc1[N+](=O)[O-]. The summed E-state index contributed by atoms with van der Waals surface area (Å²) in [5.41, 5.74) is -0.329. The summed E-state index contributed by atoms with van der Waals surface area (Å²) >= 11 is 0. The number of rotatable bonds is 4. The van der Waals surface area contributed by atoms with Crippen LogP contribution in [0.25, 0.3) is 0 Å². The van der Waals surface area contributed by atoms with E-state index < -0.39 is 16.2 Å². The Hall–Kier alpha value is -2.63. The average molecular weight is 246 g/mol. The van der Waals surface area contributed by atoms with E-state index in [4.69, 9.17) is 4.74 Å². The first kappa shape index (κ1) is 11.8. The van der Waals surface area contributed by atoms with Crippen LogP contribution in [0.1, 0.15) is 5.56 Å². The van der Waals surface area contributed by atoms with Crippen LogP contribution in [-0.2, 0) is 6.61 Å². The van der Waals surface area contributed by atoms with Gasteiger partial charge in [0, 0.05) is 12.1 Å². The van der Waals surface area contributed by atoms with Gasteiger partial charge in [0.25, 0.3) is 0 Å². The van der Waals surface area contributed by atoms with E-state index in [1.54, 1.807) is 0 Å². The molecule has 2 aromatic rings. The third-order valence-corrected chi connectivity index (χ3v) is 2.30. The molecule has 0 saturated carbocycles. The van der Waals surface area contributed by atoms with Gasteiger partial charge in [-0.25, -0.2) is 0 Å². The van der Waals surface area contributed by atoms with E-state index in [2.05, 4.69) is 4.98 Å². The molecule has 0 atom stereocenters. The van der Waals surface area contributed by atoms with Crippen molar-refractivity contribution in [3.05, 3.63) is 68.5 Å². The normalized spacial score (nSPS) is 10.0. The number of hydrogen-bond donors (Lipinski definition) is 1. The van der Waals surface area contributed by atoms with E-state index in [-0.39, 0.29) is 12.5 Å². The predicted octanol–water partition coefficient (Wildman–Crippen LogP) is 1.86. The Balaban J connectivity index is 2.09. The van der Waals surface area contributed by atoms with Crippen LogP contribution >= 0.6 is 0 Å². The van der Waals surface area contributed by atoms with Crippen LogP contribution in [0.5, 0.6) is 5.88 Å². The number of ether oxygens (including phenoxy) is 1. The molecule has 0 bridgehead atoms. The molecule has 0 saturated heterocycles. The quantitative estimate of drug-likeness (QED) is 0.659. The molecule has 0 spiro atoms. The van der Waals surface area contributed by atoms with Crippen LogP contribution in [0.3, 0.4) is 0 Å². The van der Waals surface area contributed by atoms with E-state index in [1.807, 2.05) is 30.3 Å². The molecule has 0 aliphatic carbocycles. The molecule has 2 rings (SSSR count). The second-order valence-corrected chi connectivity index (χ2v) is 3.57. The Bertz CT molecular complexity index is 607. The fourth-order valence-electron chi connectivity index (χ4n) is 1.41. The lowest BCUT2D eigenvalue weighted by Crippen LogP contribution is -2.12. The molecular formula is C12H10N2O4. The summed E-state index contributed by atoms with van der Waals surface area (Å²) in [7, 11) is 0. The average Bonchev–Trinajstić information content (AvgIpc) is 2.37. The third-order valence-electron chi connectivity index (χ3n) is 2.30. The molecule has 0 amide bonds.